The summed E-state index contributed by atoms with van der Waals surface area (Å²) in [6, 6.07) is 5.72. The van der Waals surface area contributed by atoms with Crippen LogP contribution in [0.1, 0.15) is 12.8 Å². The minimum absolute atomic E-state index is 0.00348. The van der Waals surface area contributed by atoms with E-state index in [-0.39, 0.29) is 5.56 Å². The minimum Gasteiger partial charge on any atom is -0.497 e. The molecule has 0 saturated carbocycles. The molecule has 1 aromatic carbocycles. The van der Waals surface area contributed by atoms with Crippen LogP contribution in [0, 0.1) is 0 Å². The van der Waals surface area contributed by atoms with Gasteiger partial charge < -0.3 is 14.6 Å². The Hall–Kier alpha value is -2.34. The third-order valence-electron chi connectivity index (χ3n) is 4.80. The van der Waals surface area contributed by atoms with Gasteiger partial charge in [-0.2, -0.15) is 0 Å². The molecule has 0 unspecified atom stereocenters. The number of H-pyrrole nitrogens is 1. The average molecular weight is 313 g/mol. The standard InChI is InChI=1S/C17H20N4O2/c1-23-12-4-5-14-13(10-12)15-16(19-14)17(22)21(11-18-15)9-8-20-6-2-3-7-20/h4-5,10-11,19H,2-3,6-9H2,1H3/p+1. The monoisotopic (exact) mass is 313 g/mol. The zero-order chi connectivity index (χ0) is 15.8. The lowest BCUT2D eigenvalue weighted by molar-refractivity contribution is -0.888. The van der Waals surface area contributed by atoms with Gasteiger partial charge in [-0.1, -0.05) is 0 Å². The molecule has 3 aromatic rings. The zero-order valence-electron chi connectivity index (χ0n) is 13.3. The predicted octanol–water partition coefficient (Wildman–Crippen LogP) is 0.565. The van der Waals surface area contributed by atoms with Crippen LogP contribution in [0.15, 0.2) is 29.3 Å². The fourth-order valence-corrected chi connectivity index (χ4v) is 3.46. The molecule has 0 spiro atoms. The van der Waals surface area contributed by atoms with Crippen LogP contribution in [0.2, 0.25) is 0 Å². The first kappa shape index (κ1) is 14.3. The van der Waals surface area contributed by atoms with Crippen molar-refractivity contribution < 1.29 is 9.64 Å². The molecule has 0 radical (unpaired) electrons. The van der Waals surface area contributed by atoms with Gasteiger partial charge in [-0.05, 0) is 18.2 Å². The second kappa shape index (κ2) is 5.70. The van der Waals surface area contributed by atoms with E-state index in [0.717, 1.165) is 29.7 Å². The summed E-state index contributed by atoms with van der Waals surface area (Å²) >= 11 is 0. The van der Waals surface area contributed by atoms with Crippen LogP contribution in [-0.2, 0) is 6.54 Å². The first-order valence-electron chi connectivity index (χ1n) is 8.15. The maximum absolute atomic E-state index is 12.7. The van der Waals surface area contributed by atoms with E-state index in [4.69, 9.17) is 4.74 Å². The zero-order valence-corrected chi connectivity index (χ0v) is 13.3. The van der Waals surface area contributed by atoms with Crippen molar-refractivity contribution in [3.05, 3.63) is 34.9 Å². The van der Waals surface area contributed by atoms with E-state index in [1.165, 1.54) is 25.9 Å². The van der Waals surface area contributed by atoms with E-state index < -0.39 is 0 Å². The highest BCUT2D eigenvalue weighted by Crippen LogP contribution is 2.25. The maximum atomic E-state index is 12.7. The van der Waals surface area contributed by atoms with Gasteiger partial charge in [0.05, 0.1) is 39.6 Å². The Labute approximate surface area is 133 Å². The van der Waals surface area contributed by atoms with Gasteiger partial charge in [-0.3, -0.25) is 9.36 Å². The van der Waals surface area contributed by atoms with Gasteiger partial charge in [0.25, 0.3) is 5.56 Å². The Balaban J connectivity index is 1.72. The second-order valence-corrected chi connectivity index (χ2v) is 6.21. The molecule has 1 aliphatic rings. The van der Waals surface area contributed by atoms with Crippen LogP contribution in [-0.4, -0.2) is 41.3 Å². The number of benzene rings is 1. The number of fused-ring (bicyclic) bond motifs is 3. The molecule has 1 fully saturated rings. The number of quaternary nitrogens is 1. The molecule has 120 valence electrons. The molecule has 6 heteroatoms. The summed E-state index contributed by atoms with van der Waals surface area (Å²) in [5, 5.41) is 0.925. The Morgan fingerprint density at radius 2 is 2.17 bits per heavy atom. The van der Waals surface area contributed by atoms with Crippen molar-refractivity contribution in [1.29, 1.82) is 0 Å². The molecule has 0 atom stereocenters. The van der Waals surface area contributed by atoms with Crippen LogP contribution < -0.4 is 15.2 Å². The lowest BCUT2D eigenvalue weighted by atomic mass is 10.2. The first-order valence-corrected chi connectivity index (χ1v) is 8.15. The molecule has 4 rings (SSSR count). The largest absolute Gasteiger partial charge is 0.497 e. The number of likely N-dealkylation sites (tertiary alicyclic amines) is 1. The summed E-state index contributed by atoms with van der Waals surface area (Å²) in [6.45, 7) is 4.14. The van der Waals surface area contributed by atoms with Crippen LogP contribution in [0.4, 0.5) is 0 Å². The SMILES string of the molecule is COc1ccc2[nH]c3c(=O)n(CC[NH+]4CCCC4)cnc3c2c1. The van der Waals surface area contributed by atoms with Gasteiger partial charge >= 0.3 is 0 Å². The summed E-state index contributed by atoms with van der Waals surface area (Å²) in [5.74, 6) is 0.766. The van der Waals surface area contributed by atoms with Gasteiger partial charge in [-0.15, -0.1) is 0 Å². The number of hydrogen-bond acceptors (Lipinski definition) is 3. The molecule has 3 heterocycles. The molecular formula is C17H21N4O2+. The van der Waals surface area contributed by atoms with Crippen molar-refractivity contribution in [3.8, 4) is 5.75 Å². The number of aromatic nitrogens is 3. The molecule has 1 aliphatic heterocycles. The molecule has 0 bridgehead atoms. The van der Waals surface area contributed by atoms with Crippen molar-refractivity contribution >= 4 is 21.9 Å². The van der Waals surface area contributed by atoms with Crippen molar-refractivity contribution in [2.24, 2.45) is 0 Å². The van der Waals surface area contributed by atoms with Crippen molar-refractivity contribution in [3.63, 3.8) is 0 Å². The highest BCUT2D eigenvalue weighted by Gasteiger charge is 2.16. The normalized spacial score (nSPS) is 15.7. The third kappa shape index (κ3) is 2.49. The fraction of sp³-hybridized carbons (Fsp3) is 0.412. The van der Waals surface area contributed by atoms with Crippen molar-refractivity contribution in [2.45, 2.75) is 19.4 Å². The van der Waals surface area contributed by atoms with Gasteiger partial charge in [-0.25, -0.2) is 4.98 Å². The first-order chi connectivity index (χ1) is 11.3. The summed E-state index contributed by atoms with van der Waals surface area (Å²) < 4.78 is 6.98. The number of aromatic amines is 1. The highest BCUT2D eigenvalue weighted by atomic mass is 16.5. The van der Waals surface area contributed by atoms with Crippen LogP contribution in [0.3, 0.4) is 0 Å². The van der Waals surface area contributed by atoms with E-state index in [2.05, 4.69) is 9.97 Å². The fourth-order valence-electron chi connectivity index (χ4n) is 3.46. The second-order valence-electron chi connectivity index (χ2n) is 6.21. The van der Waals surface area contributed by atoms with Crippen LogP contribution in [0.25, 0.3) is 21.9 Å². The van der Waals surface area contributed by atoms with Gasteiger partial charge in [0.2, 0.25) is 0 Å². The Kier molecular flexibility index (Phi) is 3.53. The predicted molar refractivity (Wildman–Crippen MR) is 89.2 cm³/mol. The molecule has 2 N–H and O–H groups in total. The van der Waals surface area contributed by atoms with Gasteiger partial charge in [0.1, 0.15) is 16.8 Å². The number of nitrogens with one attached hydrogen (secondary N) is 2. The van der Waals surface area contributed by atoms with E-state index in [1.54, 1.807) is 22.9 Å². The van der Waals surface area contributed by atoms with Crippen molar-refractivity contribution in [2.75, 3.05) is 26.7 Å². The molecule has 0 amide bonds. The average Bonchev–Trinajstić information content (AvgIpc) is 3.21. The Bertz CT molecular complexity index is 906. The number of ether oxygens (including phenoxy) is 1. The minimum atomic E-state index is 0.00348. The lowest BCUT2D eigenvalue weighted by Crippen LogP contribution is -3.10. The lowest BCUT2D eigenvalue weighted by Gasteiger charge is -2.12. The van der Waals surface area contributed by atoms with Gasteiger partial charge in [0.15, 0.2) is 0 Å². The molecular weight excluding hydrogens is 292 g/mol. The molecule has 1 saturated heterocycles. The summed E-state index contributed by atoms with van der Waals surface area (Å²) in [7, 11) is 1.64. The number of hydrogen-bond donors (Lipinski definition) is 2. The molecule has 23 heavy (non-hydrogen) atoms. The van der Waals surface area contributed by atoms with Crippen LogP contribution in [0.5, 0.6) is 5.75 Å². The third-order valence-corrected chi connectivity index (χ3v) is 4.80. The smallest absolute Gasteiger partial charge is 0.277 e. The summed E-state index contributed by atoms with van der Waals surface area (Å²) in [6.07, 6.45) is 4.27. The number of methoxy groups -OCH3 is 1. The van der Waals surface area contributed by atoms with E-state index >= 15 is 0 Å². The topological polar surface area (TPSA) is 64.3 Å². The number of nitrogens with zero attached hydrogens (tertiary/aromatic N) is 2. The van der Waals surface area contributed by atoms with Crippen LogP contribution >= 0.6 is 0 Å². The van der Waals surface area contributed by atoms with Gasteiger partial charge in [0, 0.05) is 23.7 Å². The quantitative estimate of drug-likeness (QED) is 0.740. The molecule has 2 aromatic heterocycles. The molecule has 0 aliphatic carbocycles. The Morgan fingerprint density at radius 3 is 2.96 bits per heavy atom. The van der Waals surface area contributed by atoms with E-state index in [9.17, 15) is 4.79 Å². The highest BCUT2D eigenvalue weighted by molar-refractivity contribution is 6.04. The van der Waals surface area contributed by atoms with E-state index in [1.807, 2.05) is 18.2 Å². The summed E-state index contributed by atoms with van der Waals surface area (Å²) in [5.41, 5.74) is 2.21. The number of rotatable bonds is 4. The van der Waals surface area contributed by atoms with E-state index in [0.29, 0.717) is 11.0 Å². The Morgan fingerprint density at radius 1 is 1.35 bits per heavy atom. The molecule has 6 nitrogen and oxygen atoms in total. The summed E-state index contributed by atoms with van der Waals surface area (Å²) in [4.78, 5) is 22.0. The van der Waals surface area contributed by atoms with Crippen molar-refractivity contribution in [1.82, 2.24) is 14.5 Å². The maximum Gasteiger partial charge on any atom is 0.277 e.